The lowest BCUT2D eigenvalue weighted by Gasteiger charge is -2.23. The van der Waals surface area contributed by atoms with Crippen molar-refractivity contribution in [1.29, 1.82) is 0 Å². The van der Waals surface area contributed by atoms with Gasteiger partial charge in [0.05, 0.1) is 0 Å². The molecule has 24 heavy (non-hydrogen) atoms. The van der Waals surface area contributed by atoms with Crippen molar-refractivity contribution < 1.29 is 14.4 Å². The van der Waals surface area contributed by atoms with Crippen molar-refractivity contribution in [2.75, 3.05) is 37.8 Å². The molecule has 0 bridgehead atoms. The van der Waals surface area contributed by atoms with E-state index in [2.05, 4.69) is 16.0 Å². The normalized spacial score (nSPS) is 11.1. The summed E-state index contributed by atoms with van der Waals surface area (Å²) < 4.78 is 0. The maximum Gasteiger partial charge on any atom is 0.239 e. The van der Waals surface area contributed by atoms with E-state index in [0.717, 1.165) is 0 Å². The first-order chi connectivity index (χ1) is 11.1. The Hall–Kier alpha value is -2.41. The lowest BCUT2D eigenvalue weighted by atomic mass is 9.91. The van der Waals surface area contributed by atoms with Gasteiger partial charge < -0.3 is 20.9 Å². The molecule has 0 fully saturated rings. The monoisotopic (exact) mass is 334 g/mol. The molecule has 0 unspecified atom stereocenters. The number of hydrogen-bond donors (Lipinski definition) is 3. The maximum absolute atomic E-state index is 12.4. The highest BCUT2D eigenvalue weighted by Gasteiger charge is 2.35. The topological polar surface area (TPSA) is 90.5 Å². The zero-order valence-electron chi connectivity index (χ0n) is 14.9. The molecule has 0 atom stereocenters. The van der Waals surface area contributed by atoms with Gasteiger partial charge >= 0.3 is 0 Å². The zero-order chi connectivity index (χ0) is 18.3. The Morgan fingerprint density at radius 2 is 1.46 bits per heavy atom. The molecule has 7 heteroatoms. The number of nitrogens with one attached hydrogen (secondary N) is 3. The molecule has 7 nitrogen and oxygen atoms in total. The molecule has 3 amide bonds. The minimum absolute atomic E-state index is 0.165. The zero-order valence-corrected chi connectivity index (χ0v) is 14.9. The molecule has 0 aromatic heterocycles. The SMILES string of the molecule is CC(=O)Nc1ccc(NC(=O)C(C)(C)C(=O)NCCN(C)C)cc1. The highest BCUT2D eigenvalue weighted by molar-refractivity contribution is 6.09. The Balaban J connectivity index is 2.64. The van der Waals surface area contributed by atoms with Crippen molar-refractivity contribution in [3.8, 4) is 0 Å². The predicted octanol–water partition coefficient (Wildman–Crippen LogP) is 1.29. The van der Waals surface area contributed by atoms with Crippen LogP contribution in [0.2, 0.25) is 0 Å². The number of amides is 3. The number of carbonyl (C=O) groups excluding carboxylic acids is 3. The van der Waals surface area contributed by atoms with Gasteiger partial charge in [0, 0.05) is 31.4 Å². The smallest absolute Gasteiger partial charge is 0.239 e. The van der Waals surface area contributed by atoms with E-state index in [0.29, 0.717) is 24.5 Å². The summed E-state index contributed by atoms with van der Waals surface area (Å²) in [6.07, 6.45) is 0. The third-order valence-electron chi connectivity index (χ3n) is 3.44. The molecule has 0 heterocycles. The molecular weight excluding hydrogens is 308 g/mol. The number of anilines is 2. The predicted molar refractivity (Wildman–Crippen MR) is 94.7 cm³/mol. The highest BCUT2D eigenvalue weighted by atomic mass is 16.2. The van der Waals surface area contributed by atoms with Crippen LogP contribution in [0.25, 0.3) is 0 Å². The third kappa shape index (κ3) is 6.00. The van der Waals surface area contributed by atoms with E-state index in [4.69, 9.17) is 0 Å². The second kappa shape index (κ2) is 8.44. The van der Waals surface area contributed by atoms with Gasteiger partial charge in [-0.2, -0.15) is 0 Å². The summed E-state index contributed by atoms with van der Waals surface area (Å²) >= 11 is 0. The molecule has 1 aromatic carbocycles. The summed E-state index contributed by atoms with van der Waals surface area (Å²) in [5, 5.41) is 8.13. The van der Waals surface area contributed by atoms with Crippen LogP contribution in [0.1, 0.15) is 20.8 Å². The largest absolute Gasteiger partial charge is 0.354 e. The van der Waals surface area contributed by atoms with Gasteiger partial charge in [-0.05, 0) is 52.2 Å². The Morgan fingerprint density at radius 3 is 1.92 bits per heavy atom. The van der Waals surface area contributed by atoms with E-state index >= 15 is 0 Å². The van der Waals surface area contributed by atoms with Crippen molar-refractivity contribution in [3.05, 3.63) is 24.3 Å². The van der Waals surface area contributed by atoms with Crippen LogP contribution in [-0.4, -0.2) is 49.8 Å². The van der Waals surface area contributed by atoms with Crippen molar-refractivity contribution in [1.82, 2.24) is 10.2 Å². The minimum atomic E-state index is -1.19. The summed E-state index contributed by atoms with van der Waals surface area (Å²) in [5.41, 5.74) is 0.00672. The summed E-state index contributed by atoms with van der Waals surface area (Å²) in [5.74, 6) is -0.879. The van der Waals surface area contributed by atoms with E-state index in [-0.39, 0.29) is 11.8 Å². The van der Waals surface area contributed by atoms with Crippen molar-refractivity contribution >= 4 is 29.1 Å². The molecule has 1 aromatic rings. The van der Waals surface area contributed by atoms with Gasteiger partial charge in [-0.3, -0.25) is 14.4 Å². The third-order valence-corrected chi connectivity index (χ3v) is 3.44. The molecule has 3 N–H and O–H groups in total. The van der Waals surface area contributed by atoms with E-state index in [9.17, 15) is 14.4 Å². The number of rotatable bonds is 7. The molecule has 0 radical (unpaired) electrons. The first-order valence-corrected chi connectivity index (χ1v) is 7.75. The van der Waals surface area contributed by atoms with Crippen molar-refractivity contribution in [2.24, 2.45) is 5.41 Å². The van der Waals surface area contributed by atoms with Crippen LogP contribution >= 0.6 is 0 Å². The van der Waals surface area contributed by atoms with Crippen molar-refractivity contribution in [3.63, 3.8) is 0 Å². The number of hydrogen-bond acceptors (Lipinski definition) is 4. The fourth-order valence-corrected chi connectivity index (χ4v) is 1.84. The number of carbonyl (C=O) groups is 3. The number of nitrogens with zero attached hydrogens (tertiary/aromatic N) is 1. The summed E-state index contributed by atoms with van der Waals surface area (Å²) in [7, 11) is 3.82. The Morgan fingerprint density at radius 1 is 0.958 bits per heavy atom. The minimum Gasteiger partial charge on any atom is -0.354 e. The molecule has 0 aliphatic rings. The second-order valence-electron chi connectivity index (χ2n) is 6.40. The molecular formula is C17H26N4O3. The fourth-order valence-electron chi connectivity index (χ4n) is 1.84. The maximum atomic E-state index is 12.4. The number of benzene rings is 1. The van der Waals surface area contributed by atoms with Crippen LogP contribution in [0.5, 0.6) is 0 Å². The van der Waals surface area contributed by atoms with Crippen LogP contribution in [-0.2, 0) is 14.4 Å². The van der Waals surface area contributed by atoms with Crippen LogP contribution in [0.4, 0.5) is 11.4 Å². The van der Waals surface area contributed by atoms with Crippen LogP contribution in [0.15, 0.2) is 24.3 Å². The standard InChI is InChI=1S/C17H26N4O3/c1-12(22)19-13-6-8-14(9-7-13)20-16(24)17(2,3)15(23)18-10-11-21(4)5/h6-9H,10-11H2,1-5H3,(H,18,23)(H,19,22)(H,20,24). The van der Waals surface area contributed by atoms with E-state index < -0.39 is 11.3 Å². The van der Waals surface area contributed by atoms with Crippen LogP contribution in [0, 0.1) is 5.41 Å². The fraction of sp³-hybridized carbons (Fsp3) is 0.471. The first kappa shape index (κ1) is 19.6. The second-order valence-corrected chi connectivity index (χ2v) is 6.40. The van der Waals surface area contributed by atoms with Gasteiger partial charge in [-0.25, -0.2) is 0 Å². The van der Waals surface area contributed by atoms with Crippen LogP contribution in [0.3, 0.4) is 0 Å². The average molecular weight is 334 g/mol. The summed E-state index contributed by atoms with van der Waals surface area (Å²) in [4.78, 5) is 37.5. The van der Waals surface area contributed by atoms with Crippen LogP contribution < -0.4 is 16.0 Å². The first-order valence-electron chi connectivity index (χ1n) is 7.75. The molecule has 0 spiro atoms. The number of likely N-dealkylation sites (N-methyl/N-ethyl adjacent to an activating group) is 1. The molecule has 132 valence electrons. The molecule has 0 saturated heterocycles. The lowest BCUT2D eigenvalue weighted by Crippen LogP contribution is -2.46. The molecule has 0 aliphatic carbocycles. The Bertz CT molecular complexity index is 594. The molecule has 0 aliphatic heterocycles. The van der Waals surface area contributed by atoms with Gasteiger partial charge in [-0.1, -0.05) is 0 Å². The molecule has 1 rings (SSSR count). The quantitative estimate of drug-likeness (QED) is 0.655. The van der Waals surface area contributed by atoms with E-state index in [1.807, 2.05) is 19.0 Å². The van der Waals surface area contributed by atoms with Gasteiger partial charge in [0.15, 0.2) is 0 Å². The van der Waals surface area contributed by atoms with E-state index in [1.165, 1.54) is 6.92 Å². The lowest BCUT2D eigenvalue weighted by molar-refractivity contribution is -0.138. The Labute approximate surface area is 142 Å². The average Bonchev–Trinajstić information content (AvgIpc) is 2.48. The van der Waals surface area contributed by atoms with Crippen molar-refractivity contribution in [2.45, 2.75) is 20.8 Å². The highest BCUT2D eigenvalue weighted by Crippen LogP contribution is 2.20. The van der Waals surface area contributed by atoms with Gasteiger partial charge in [0.25, 0.3) is 0 Å². The Kier molecular flexibility index (Phi) is 6.91. The van der Waals surface area contributed by atoms with Gasteiger partial charge in [0.2, 0.25) is 17.7 Å². The van der Waals surface area contributed by atoms with Gasteiger partial charge in [0.1, 0.15) is 5.41 Å². The summed E-state index contributed by atoms with van der Waals surface area (Å²) in [6, 6.07) is 6.70. The van der Waals surface area contributed by atoms with Gasteiger partial charge in [-0.15, -0.1) is 0 Å². The van der Waals surface area contributed by atoms with E-state index in [1.54, 1.807) is 38.1 Å². The molecule has 0 saturated carbocycles. The summed E-state index contributed by atoms with van der Waals surface area (Å²) in [6.45, 7) is 5.77.